The van der Waals surface area contributed by atoms with Crippen molar-refractivity contribution in [2.45, 2.75) is 63.2 Å². The first-order valence-corrected chi connectivity index (χ1v) is 11.1. The zero-order chi connectivity index (χ0) is 21.6. The maximum absolute atomic E-state index is 12.4. The summed E-state index contributed by atoms with van der Waals surface area (Å²) in [4.78, 5) is 24.5. The van der Waals surface area contributed by atoms with Crippen LogP contribution in [-0.4, -0.2) is 55.2 Å². The zero-order valence-corrected chi connectivity index (χ0v) is 17.6. The Morgan fingerprint density at radius 2 is 1.87 bits per heavy atom. The number of rotatable bonds is 7. The first-order valence-electron chi connectivity index (χ1n) is 11.1. The molecule has 0 bridgehead atoms. The number of fused-ring (bicyclic) bond motifs is 1. The summed E-state index contributed by atoms with van der Waals surface area (Å²) in [7, 11) is 0. The number of amides is 3. The van der Waals surface area contributed by atoms with Crippen LogP contribution in [0.1, 0.15) is 44.9 Å². The molecule has 9 nitrogen and oxygen atoms in total. The number of anilines is 1. The Kier molecular flexibility index (Phi) is 7.14. The van der Waals surface area contributed by atoms with E-state index in [-0.39, 0.29) is 43.4 Å². The van der Waals surface area contributed by atoms with Crippen LogP contribution in [0.4, 0.5) is 10.5 Å². The van der Waals surface area contributed by atoms with Crippen LogP contribution in [0.25, 0.3) is 0 Å². The number of hydrogen-bond acceptors (Lipinski definition) is 6. The van der Waals surface area contributed by atoms with Crippen molar-refractivity contribution in [3.05, 3.63) is 18.2 Å². The van der Waals surface area contributed by atoms with Gasteiger partial charge in [-0.25, -0.2) is 4.79 Å². The summed E-state index contributed by atoms with van der Waals surface area (Å²) in [6.07, 6.45) is 5.87. The Hall–Kier alpha value is -2.52. The lowest BCUT2D eigenvalue weighted by Crippen LogP contribution is -2.52. The second-order valence-corrected chi connectivity index (χ2v) is 8.39. The fourth-order valence-electron chi connectivity index (χ4n) is 4.51. The molecule has 2 aliphatic heterocycles. The molecule has 2 fully saturated rings. The molecule has 0 spiro atoms. The number of benzene rings is 1. The van der Waals surface area contributed by atoms with Crippen molar-refractivity contribution < 1.29 is 28.9 Å². The molecular weight excluding hydrogens is 402 g/mol. The third-order valence-electron chi connectivity index (χ3n) is 6.23. The van der Waals surface area contributed by atoms with Crippen molar-refractivity contribution in [2.75, 3.05) is 25.3 Å². The van der Waals surface area contributed by atoms with Crippen LogP contribution in [0.2, 0.25) is 0 Å². The SMILES string of the molecule is O=C(Nc1ccc2c(c1)OCO2)N[C@H]1CC[C@@H](CCNC(=O)C2CCCC2)O[C@@H]1CO. The van der Waals surface area contributed by atoms with Crippen LogP contribution in [0.5, 0.6) is 11.5 Å². The van der Waals surface area contributed by atoms with Crippen LogP contribution < -0.4 is 25.4 Å². The van der Waals surface area contributed by atoms with E-state index in [1.54, 1.807) is 18.2 Å². The summed E-state index contributed by atoms with van der Waals surface area (Å²) < 4.78 is 16.6. The van der Waals surface area contributed by atoms with E-state index in [1.807, 2.05) is 0 Å². The van der Waals surface area contributed by atoms with Crippen LogP contribution in [-0.2, 0) is 9.53 Å². The predicted octanol–water partition coefficient (Wildman–Crippen LogP) is 2.14. The number of carbonyl (C=O) groups excluding carboxylic acids is 2. The normalized spacial score (nSPS) is 25.3. The summed E-state index contributed by atoms with van der Waals surface area (Å²) in [5.41, 5.74) is 0.593. The van der Waals surface area contributed by atoms with Gasteiger partial charge in [-0.15, -0.1) is 0 Å². The molecule has 1 aliphatic carbocycles. The molecule has 4 rings (SSSR count). The number of ether oxygens (including phenoxy) is 3. The van der Waals surface area contributed by atoms with Gasteiger partial charge in [-0.3, -0.25) is 4.79 Å². The highest BCUT2D eigenvalue weighted by Crippen LogP contribution is 2.34. The fraction of sp³-hybridized carbons (Fsp3) is 0.636. The average Bonchev–Trinajstić information content (AvgIpc) is 3.46. The fourth-order valence-corrected chi connectivity index (χ4v) is 4.51. The lowest BCUT2D eigenvalue weighted by Gasteiger charge is -2.36. The van der Waals surface area contributed by atoms with Crippen molar-refractivity contribution in [3.8, 4) is 11.5 Å². The summed E-state index contributed by atoms with van der Waals surface area (Å²) in [5, 5.41) is 18.4. The maximum Gasteiger partial charge on any atom is 0.319 e. The second-order valence-electron chi connectivity index (χ2n) is 8.39. The Morgan fingerprint density at radius 3 is 2.68 bits per heavy atom. The van der Waals surface area contributed by atoms with Crippen molar-refractivity contribution in [1.29, 1.82) is 0 Å². The van der Waals surface area contributed by atoms with Crippen molar-refractivity contribution in [2.24, 2.45) is 5.92 Å². The molecule has 0 unspecified atom stereocenters. The van der Waals surface area contributed by atoms with Gasteiger partial charge < -0.3 is 35.3 Å². The van der Waals surface area contributed by atoms with Crippen molar-refractivity contribution >= 4 is 17.6 Å². The van der Waals surface area contributed by atoms with Gasteiger partial charge in [0.1, 0.15) is 6.10 Å². The molecule has 4 N–H and O–H groups in total. The van der Waals surface area contributed by atoms with Gasteiger partial charge in [-0.1, -0.05) is 12.8 Å². The van der Waals surface area contributed by atoms with Crippen LogP contribution in [0.3, 0.4) is 0 Å². The minimum absolute atomic E-state index is 0.0454. The van der Waals surface area contributed by atoms with Gasteiger partial charge in [0.25, 0.3) is 0 Å². The topological polar surface area (TPSA) is 118 Å². The molecule has 3 aliphatic rings. The largest absolute Gasteiger partial charge is 0.454 e. The zero-order valence-electron chi connectivity index (χ0n) is 17.6. The van der Waals surface area contributed by atoms with Crippen LogP contribution >= 0.6 is 0 Å². The molecule has 1 aromatic carbocycles. The highest BCUT2D eigenvalue weighted by molar-refractivity contribution is 5.90. The minimum atomic E-state index is -0.480. The number of urea groups is 1. The third kappa shape index (κ3) is 5.59. The van der Waals surface area contributed by atoms with Gasteiger partial charge in [0.05, 0.1) is 18.8 Å². The number of aliphatic hydroxyl groups is 1. The Bertz CT molecular complexity index is 783. The molecule has 3 amide bonds. The summed E-state index contributed by atoms with van der Waals surface area (Å²) in [5.74, 6) is 1.55. The van der Waals surface area contributed by atoms with Gasteiger partial charge in [-0.2, -0.15) is 0 Å². The van der Waals surface area contributed by atoms with E-state index in [2.05, 4.69) is 16.0 Å². The van der Waals surface area contributed by atoms with Crippen LogP contribution in [0.15, 0.2) is 18.2 Å². The van der Waals surface area contributed by atoms with E-state index in [0.717, 1.165) is 32.1 Å². The van der Waals surface area contributed by atoms with Crippen molar-refractivity contribution in [1.82, 2.24) is 10.6 Å². The van der Waals surface area contributed by atoms with E-state index >= 15 is 0 Å². The third-order valence-corrected chi connectivity index (χ3v) is 6.23. The van der Waals surface area contributed by atoms with Gasteiger partial charge in [0.2, 0.25) is 12.7 Å². The molecule has 31 heavy (non-hydrogen) atoms. The van der Waals surface area contributed by atoms with Gasteiger partial charge in [0.15, 0.2) is 11.5 Å². The molecule has 170 valence electrons. The molecule has 2 heterocycles. The highest BCUT2D eigenvalue weighted by atomic mass is 16.7. The van der Waals surface area contributed by atoms with Crippen LogP contribution in [0, 0.1) is 5.92 Å². The first kappa shape index (κ1) is 21.7. The molecular formula is C22H31N3O6. The summed E-state index contributed by atoms with van der Waals surface area (Å²) in [6, 6.07) is 4.54. The highest BCUT2D eigenvalue weighted by Gasteiger charge is 2.32. The standard InChI is InChI=1S/C22H31N3O6/c26-12-20-17(25-22(28)24-15-5-8-18-19(11-15)30-13-29-18)7-6-16(31-20)9-10-23-21(27)14-3-1-2-4-14/h5,8,11,14,16-17,20,26H,1-4,6-7,9-10,12-13H2,(H,23,27)(H2,24,25,28)/t16-,17-,20+/m0/s1. The Labute approximate surface area is 181 Å². The molecule has 1 saturated carbocycles. The number of carbonyl (C=O) groups is 2. The van der Waals surface area contributed by atoms with Gasteiger partial charge in [-0.05, 0) is 44.2 Å². The molecule has 0 aromatic heterocycles. The van der Waals surface area contributed by atoms with E-state index in [0.29, 0.717) is 36.6 Å². The average molecular weight is 434 g/mol. The van der Waals surface area contributed by atoms with E-state index < -0.39 is 6.10 Å². The number of hydrogen-bond donors (Lipinski definition) is 4. The number of aliphatic hydroxyl groups excluding tert-OH is 1. The molecule has 9 heteroatoms. The summed E-state index contributed by atoms with van der Waals surface area (Å²) in [6.45, 7) is 0.564. The lowest BCUT2D eigenvalue weighted by molar-refractivity contribution is -0.125. The molecule has 1 aromatic rings. The Morgan fingerprint density at radius 1 is 1.06 bits per heavy atom. The molecule has 3 atom stereocenters. The number of nitrogens with one attached hydrogen (secondary N) is 3. The monoisotopic (exact) mass is 433 g/mol. The van der Waals surface area contributed by atoms with Crippen molar-refractivity contribution in [3.63, 3.8) is 0 Å². The van der Waals surface area contributed by atoms with Gasteiger partial charge in [0, 0.05) is 24.2 Å². The van der Waals surface area contributed by atoms with E-state index in [9.17, 15) is 14.7 Å². The van der Waals surface area contributed by atoms with E-state index in [4.69, 9.17) is 14.2 Å². The smallest absolute Gasteiger partial charge is 0.319 e. The summed E-state index contributed by atoms with van der Waals surface area (Å²) >= 11 is 0. The predicted molar refractivity (Wildman–Crippen MR) is 113 cm³/mol. The molecule has 0 radical (unpaired) electrons. The second kappa shape index (κ2) is 10.2. The van der Waals surface area contributed by atoms with E-state index in [1.165, 1.54) is 0 Å². The minimum Gasteiger partial charge on any atom is -0.454 e. The maximum atomic E-state index is 12.4. The first-order chi connectivity index (χ1) is 15.1. The Balaban J connectivity index is 1.20. The van der Waals surface area contributed by atoms with Gasteiger partial charge >= 0.3 is 6.03 Å². The molecule has 1 saturated heterocycles. The lowest BCUT2D eigenvalue weighted by atomic mass is 9.97. The quantitative estimate of drug-likeness (QED) is 0.523.